The first-order valence-corrected chi connectivity index (χ1v) is 10.9. The maximum atomic E-state index is 13.7. The zero-order chi connectivity index (χ0) is 21.9. The summed E-state index contributed by atoms with van der Waals surface area (Å²) in [4.78, 5) is 29.4. The van der Waals surface area contributed by atoms with Crippen molar-refractivity contribution in [3.63, 3.8) is 0 Å². The van der Waals surface area contributed by atoms with Gasteiger partial charge in [-0.3, -0.25) is 14.8 Å². The molecule has 1 saturated heterocycles. The van der Waals surface area contributed by atoms with Crippen LogP contribution in [0.1, 0.15) is 40.4 Å². The lowest BCUT2D eigenvalue weighted by molar-refractivity contribution is 0.0735. The van der Waals surface area contributed by atoms with E-state index in [0.717, 1.165) is 30.8 Å². The Morgan fingerprint density at radius 3 is 2.12 bits per heavy atom. The fourth-order valence-electron chi connectivity index (χ4n) is 4.34. The Morgan fingerprint density at radius 2 is 1.53 bits per heavy atom. The predicted octanol–water partition coefficient (Wildman–Crippen LogP) is 5.49. The molecule has 1 atom stereocenters. The van der Waals surface area contributed by atoms with Crippen LogP contribution in [0.2, 0.25) is 0 Å². The van der Waals surface area contributed by atoms with Gasteiger partial charge in [0.15, 0.2) is 0 Å². The van der Waals surface area contributed by atoms with Crippen molar-refractivity contribution in [1.29, 1.82) is 0 Å². The first-order valence-electron chi connectivity index (χ1n) is 10.9. The lowest BCUT2D eigenvalue weighted by Gasteiger charge is -2.26. The summed E-state index contributed by atoms with van der Waals surface area (Å²) in [7, 11) is 0. The molecule has 5 rings (SSSR count). The van der Waals surface area contributed by atoms with Gasteiger partial charge in [0.2, 0.25) is 0 Å². The van der Waals surface area contributed by atoms with Crippen molar-refractivity contribution >= 4 is 5.91 Å². The van der Waals surface area contributed by atoms with E-state index in [9.17, 15) is 4.79 Å². The molecule has 1 unspecified atom stereocenters. The van der Waals surface area contributed by atoms with E-state index in [0.29, 0.717) is 17.0 Å². The Balaban J connectivity index is 1.56. The largest absolute Gasteiger partial charge is 0.332 e. The number of hydrogen-bond donors (Lipinski definition) is 0. The second kappa shape index (κ2) is 8.71. The number of rotatable bonds is 4. The molecule has 1 amide bonds. The minimum Gasteiger partial charge on any atom is -0.332 e. The van der Waals surface area contributed by atoms with Gasteiger partial charge in [0.1, 0.15) is 0 Å². The highest BCUT2D eigenvalue weighted by Crippen LogP contribution is 2.34. The smallest absolute Gasteiger partial charge is 0.254 e. The van der Waals surface area contributed by atoms with Crippen LogP contribution in [0.4, 0.5) is 0 Å². The molecular formula is C27H24N4O. The minimum absolute atomic E-state index is 0.0192. The van der Waals surface area contributed by atoms with E-state index >= 15 is 0 Å². The van der Waals surface area contributed by atoms with Gasteiger partial charge in [0.25, 0.3) is 5.91 Å². The molecule has 32 heavy (non-hydrogen) atoms. The lowest BCUT2D eigenvalue weighted by Crippen LogP contribution is -2.30. The van der Waals surface area contributed by atoms with Gasteiger partial charge in [-0.15, -0.1) is 0 Å². The molecule has 5 nitrogen and oxygen atoms in total. The number of nitrogens with zero attached hydrogens (tertiary/aromatic N) is 4. The molecule has 1 fully saturated rings. The van der Waals surface area contributed by atoms with Crippen LogP contribution in [-0.4, -0.2) is 32.3 Å². The monoisotopic (exact) mass is 420 g/mol. The van der Waals surface area contributed by atoms with Gasteiger partial charge in [-0.05, 0) is 61.7 Å². The van der Waals surface area contributed by atoms with Crippen LogP contribution >= 0.6 is 0 Å². The maximum Gasteiger partial charge on any atom is 0.254 e. The highest BCUT2D eigenvalue weighted by Gasteiger charge is 2.31. The van der Waals surface area contributed by atoms with E-state index < -0.39 is 0 Å². The molecule has 5 heteroatoms. The molecule has 4 heterocycles. The van der Waals surface area contributed by atoms with Crippen LogP contribution < -0.4 is 0 Å². The van der Waals surface area contributed by atoms with Gasteiger partial charge in [-0.25, -0.2) is 4.98 Å². The van der Waals surface area contributed by atoms with Crippen LogP contribution in [0.5, 0.6) is 0 Å². The Bertz CT molecular complexity index is 1180. The molecule has 0 N–H and O–H groups in total. The van der Waals surface area contributed by atoms with Crippen molar-refractivity contribution in [2.45, 2.75) is 25.8 Å². The van der Waals surface area contributed by atoms with Crippen LogP contribution in [0.3, 0.4) is 0 Å². The SMILES string of the molecule is Cc1cccc(C2CCCN2C(=O)c2cc(-c3ccccn3)nc(-c3ccccn3)c2)c1. The van der Waals surface area contributed by atoms with Crippen LogP contribution in [0, 0.1) is 6.92 Å². The lowest BCUT2D eigenvalue weighted by atomic mass is 10.0. The molecule has 1 aliphatic heterocycles. The zero-order valence-electron chi connectivity index (χ0n) is 18.0. The van der Waals surface area contributed by atoms with Crippen molar-refractivity contribution in [1.82, 2.24) is 19.9 Å². The summed E-state index contributed by atoms with van der Waals surface area (Å²) < 4.78 is 0. The highest BCUT2D eigenvalue weighted by atomic mass is 16.2. The van der Waals surface area contributed by atoms with Crippen LogP contribution in [0.25, 0.3) is 22.8 Å². The molecule has 0 saturated carbocycles. The molecule has 0 aliphatic carbocycles. The van der Waals surface area contributed by atoms with Gasteiger partial charge >= 0.3 is 0 Å². The van der Waals surface area contributed by atoms with E-state index in [1.165, 1.54) is 11.1 Å². The second-order valence-electron chi connectivity index (χ2n) is 8.13. The number of carbonyl (C=O) groups is 1. The first kappa shape index (κ1) is 20.1. The molecule has 1 aliphatic rings. The van der Waals surface area contributed by atoms with Crippen molar-refractivity contribution < 1.29 is 4.79 Å². The summed E-state index contributed by atoms with van der Waals surface area (Å²) in [6, 6.07) is 23.6. The maximum absolute atomic E-state index is 13.7. The Hall–Kier alpha value is -3.86. The molecule has 0 bridgehead atoms. The number of likely N-dealkylation sites (tertiary alicyclic amines) is 1. The quantitative estimate of drug-likeness (QED) is 0.438. The Labute approximate surface area is 187 Å². The molecule has 158 valence electrons. The summed E-state index contributed by atoms with van der Waals surface area (Å²) in [6.07, 6.45) is 5.44. The number of aromatic nitrogens is 3. The number of hydrogen-bond acceptors (Lipinski definition) is 4. The van der Waals surface area contributed by atoms with Gasteiger partial charge in [-0.1, -0.05) is 42.0 Å². The predicted molar refractivity (Wildman–Crippen MR) is 125 cm³/mol. The average Bonchev–Trinajstić information content (AvgIpc) is 3.34. The van der Waals surface area contributed by atoms with E-state index in [2.05, 4.69) is 41.2 Å². The van der Waals surface area contributed by atoms with Crippen molar-refractivity contribution in [2.24, 2.45) is 0 Å². The van der Waals surface area contributed by atoms with E-state index in [-0.39, 0.29) is 11.9 Å². The molecule has 0 radical (unpaired) electrons. The fraction of sp³-hybridized carbons (Fsp3) is 0.185. The first-order chi connectivity index (χ1) is 15.7. The molecular weight excluding hydrogens is 396 g/mol. The number of pyridine rings is 3. The molecule has 0 spiro atoms. The summed E-state index contributed by atoms with van der Waals surface area (Å²) >= 11 is 0. The standard InChI is InChI=1S/C27H24N4O/c1-19-8-6-9-20(16-19)26-12-7-15-31(26)27(32)21-17-24(22-10-2-4-13-28-22)30-25(18-21)23-11-3-5-14-29-23/h2-6,8-11,13-14,16-18,26H,7,12,15H2,1H3. The second-order valence-corrected chi connectivity index (χ2v) is 8.13. The van der Waals surface area contributed by atoms with Crippen LogP contribution in [-0.2, 0) is 0 Å². The third-order valence-corrected chi connectivity index (χ3v) is 5.87. The number of benzene rings is 1. The highest BCUT2D eigenvalue weighted by molar-refractivity contribution is 5.96. The van der Waals surface area contributed by atoms with E-state index in [4.69, 9.17) is 4.98 Å². The Kier molecular flexibility index (Phi) is 5.46. The average molecular weight is 421 g/mol. The van der Waals surface area contributed by atoms with Crippen molar-refractivity contribution in [2.75, 3.05) is 6.54 Å². The van der Waals surface area contributed by atoms with Gasteiger partial charge < -0.3 is 4.90 Å². The molecule has 1 aromatic carbocycles. The van der Waals surface area contributed by atoms with Crippen molar-refractivity contribution in [3.05, 3.63) is 102 Å². The number of carbonyl (C=O) groups excluding carboxylic acids is 1. The topological polar surface area (TPSA) is 59.0 Å². The number of aryl methyl sites for hydroxylation is 1. The summed E-state index contributed by atoms with van der Waals surface area (Å²) in [5.74, 6) is 0.0192. The zero-order valence-corrected chi connectivity index (χ0v) is 18.0. The summed E-state index contributed by atoms with van der Waals surface area (Å²) in [6.45, 7) is 2.84. The van der Waals surface area contributed by atoms with Gasteiger partial charge in [0, 0.05) is 24.5 Å². The molecule has 3 aromatic heterocycles. The van der Waals surface area contributed by atoms with E-state index in [1.807, 2.05) is 53.4 Å². The van der Waals surface area contributed by atoms with E-state index in [1.54, 1.807) is 12.4 Å². The molecule has 4 aromatic rings. The third kappa shape index (κ3) is 4.02. The normalized spacial score (nSPS) is 15.7. The fourth-order valence-corrected chi connectivity index (χ4v) is 4.34. The van der Waals surface area contributed by atoms with Crippen molar-refractivity contribution in [3.8, 4) is 22.8 Å². The minimum atomic E-state index is 0.0192. The Morgan fingerprint density at radius 1 is 0.844 bits per heavy atom. The third-order valence-electron chi connectivity index (χ3n) is 5.87. The van der Waals surface area contributed by atoms with Gasteiger partial charge in [-0.2, -0.15) is 0 Å². The number of amides is 1. The summed E-state index contributed by atoms with van der Waals surface area (Å²) in [5, 5.41) is 0. The van der Waals surface area contributed by atoms with Crippen LogP contribution in [0.15, 0.2) is 85.2 Å². The summed E-state index contributed by atoms with van der Waals surface area (Å²) in [5.41, 5.74) is 5.82. The van der Waals surface area contributed by atoms with Gasteiger partial charge in [0.05, 0.1) is 28.8 Å².